The monoisotopic (exact) mass is 262 g/mol. The van der Waals surface area contributed by atoms with E-state index >= 15 is 0 Å². The number of unbranched alkanes of at least 4 members (excludes halogenated alkanes) is 1. The van der Waals surface area contributed by atoms with Gasteiger partial charge in [0.1, 0.15) is 5.69 Å². The molecular weight excluding hydrogens is 248 g/mol. The van der Waals surface area contributed by atoms with Gasteiger partial charge in [-0.05, 0) is 23.9 Å². The van der Waals surface area contributed by atoms with Gasteiger partial charge in [-0.3, -0.25) is 9.59 Å². The van der Waals surface area contributed by atoms with Crippen LogP contribution in [0.1, 0.15) is 30.1 Å². The molecule has 0 saturated heterocycles. The third-order valence-corrected chi connectivity index (χ3v) is 3.52. The zero-order valence-corrected chi connectivity index (χ0v) is 10.9. The number of rotatable bonds is 5. The highest BCUT2D eigenvalue weighted by atomic mass is 32.1. The van der Waals surface area contributed by atoms with Gasteiger partial charge < -0.3 is 0 Å². The van der Waals surface area contributed by atoms with Crippen LogP contribution in [0.2, 0.25) is 0 Å². The molecule has 0 bridgehead atoms. The Morgan fingerprint density at radius 1 is 1.50 bits per heavy atom. The molecule has 0 atom stereocenters. The number of aldehydes is 1. The third-order valence-electron chi connectivity index (χ3n) is 2.63. The van der Waals surface area contributed by atoms with E-state index in [-0.39, 0.29) is 11.1 Å². The summed E-state index contributed by atoms with van der Waals surface area (Å²) in [5.41, 5.74) is 0.547. The van der Waals surface area contributed by atoms with Crippen LogP contribution in [0.25, 0.3) is 10.6 Å². The lowest BCUT2D eigenvalue weighted by Crippen LogP contribution is -2.26. The summed E-state index contributed by atoms with van der Waals surface area (Å²) in [4.78, 5) is 23.8. The minimum absolute atomic E-state index is 0.171. The van der Waals surface area contributed by atoms with Crippen LogP contribution in [0.5, 0.6) is 0 Å². The second-order valence-electron chi connectivity index (χ2n) is 3.96. The first kappa shape index (κ1) is 12.7. The van der Waals surface area contributed by atoms with Crippen molar-refractivity contribution in [3.05, 3.63) is 39.5 Å². The van der Waals surface area contributed by atoms with Gasteiger partial charge in [0.25, 0.3) is 5.56 Å². The number of carbonyl (C=O) groups is 1. The number of hydrogen-bond acceptors (Lipinski definition) is 4. The van der Waals surface area contributed by atoms with Gasteiger partial charge >= 0.3 is 0 Å². The van der Waals surface area contributed by atoms with Gasteiger partial charge in [-0.25, -0.2) is 4.68 Å². The highest BCUT2D eigenvalue weighted by Crippen LogP contribution is 2.21. The van der Waals surface area contributed by atoms with Gasteiger partial charge in [-0.2, -0.15) is 5.10 Å². The number of nitrogens with zero attached hydrogens (tertiary/aromatic N) is 2. The van der Waals surface area contributed by atoms with Crippen molar-refractivity contribution in [2.75, 3.05) is 0 Å². The van der Waals surface area contributed by atoms with Crippen molar-refractivity contribution in [2.24, 2.45) is 0 Å². The van der Waals surface area contributed by atoms with E-state index in [1.807, 2.05) is 17.5 Å². The average molecular weight is 262 g/mol. The fraction of sp³-hybridized carbons (Fsp3) is 0.308. The minimum atomic E-state index is -0.307. The SMILES string of the molecule is CCCCn1nc(-c2cccs2)cc(C=O)c1=O. The molecule has 2 aromatic heterocycles. The summed E-state index contributed by atoms with van der Waals surface area (Å²) in [7, 11) is 0. The third kappa shape index (κ3) is 2.56. The lowest BCUT2D eigenvalue weighted by Gasteiger charge is -2.06. The molecule has 0 aliphatic carbocycles. The van der Waals surface area contributed by atoms with Gasteiger partial charge in [0.2, 0.25) is 0 Å². The van der Waals surface area contributed by atoms with Crippen molar-refractivity contribution in [1.29, 1.82) is 0 Å². The Morgan fingerprint density at radius 2 is 2.33 bits per heavy atom. The molecule has 0 radical (unpaired) electrons. The first-order valence-electron chi connectivity index (χ1n) is 5.87. The van der Waals surface area contributed by atoms with E-state index in [4.69, 9.17) is 0 Å². The second-order valence-corrected chi connectivity index (χ2v) is 4.91. The molecule has 0 spiro atoms. The zero-order chi connectivity index (χ0) is 13.0. The molecule has 0 aliphatic rings. The van der Waals surface area contributed by atoms with Crippen LogP contribution in [0.15, 0.2) is 28.4 Å². The largest absolute Gasteiger partial charge is 0.298 e. The summed E-state index contributed by atoms with van der Waals surface area (Å²) in [6.07, 6.45) is 2.45. The fourth-order valence-corrected chi connectivity index (χ4v) is 2.33. The Bertz CT molecular complexity index is 588. The first-order chi connectivity index (χ1) is 8.76. The minimum Gasteiger partial charge on any atom is -0.298 e. The number of carbonyl (C=O) groups excluding carboxylic acids is 1. The summed E-state index contributed by atoms with van der Waals surface area (Å²) < 4.78 is 1.39. The number of aromatic nitrogens is 2. The standard InChI is InChI=1S/C13H14N2O2S/c1-2-3-6-15-13(17)10(9-16)8-11(14-15)12-5-4-7-18-12/h4-5,7-9H,2-3,6H2,1H3. The summed E-state index contributed by atoms with van der Waals surface area (Å²) in [5.74, 6) is 0. The van der Waals surface area contributed by atoms with Crippen LogP contribution in [0.3, 0.4) is 0 Å². The van der Waals surface area contributed by atoms with E-state index in [1.54, 1.807) is 6.07 Å². The molecule has 18 heavy (non-hydrogen) atoms. The number of hydrogen-bond donors (Lipinski definition) is 0. The van der Waals surface area contributed by atoms with Gasteiger partial charge in [0.15, 0.2) is 6.29 Å². The predicted octanol–water partition coefficient (Wildman–Crippen LogP) is 2.58. The Balaban J connectivity index is 2.49. The Labute approximate surface area is 109 Å². The molecule has 2 rings (SSSR count). The number of thiophene rings is 1. The summed E-state index contributed by atoms with van der Waals surface area (Å²) in [5, 5.41) is 6.26. The molecule has 0 aromatic carbocycles. The molecule has 0 fully saturated rings. The van der Waals surface area contributed by atoms with E-state index < -0.39 is 0 Å². The van der Waals surface area contributed by atoms with Crippen molar-refractivity contribution >= 4 is 17.6 Å². The second kappa shape index (κ2) is 5.73. The zero-order valence-electron chi connectivity index (χ0n) is 10.1. The highest BCUT2D eigenvalue weighted by Gasteiger charge is 2.09. The first-order valence-corrected chi connectivity index (χ1v) is 6.75. The number of aryl methyl sites for hydroxylation is 1. The van der Waals surface area contributed by atoms with Gasteiger partial charge in [0.05, 0.1) is 10.4 Å². The lowest BCUT2D eigenvalue weighted by molar-refractivity contribution is 0.112. The Morgan fingerprint density at radius 3 is 2.94 bits per heavy atom. The maximum Gasteiger partial charge on any atom is 0.277 e. The van der Waals surface area contributed by atoms with Crippen LogP contribution in [-0.4, -0.2) is 16.1 Å². The molecule has 5 heteroatoms. The molecular formula is C13H14N2O2S. The van der Waals surface area contributed by atoms with E-state index in [2.05, 4.69) is 12.0 Å². The average Bonchev–Trinajstić information content (AvgIpc) is 2.91. The topological polar surface area (TPSA) is 52.0 Å². The summed E-state index contributed by atoms with van der Waals surface area (Å²) in [6.45, 7) is 2.60. The molecule has 0 amide bonds. The highest BCUT2D eigenvalue weighted by molar-refractivity contribution is 7.13. The molecule has 0 N–H and O–H groups in total. The van der Waals surface area contributed by atoms with E-state index in [9.17, 15) is 9.59 Å². The Kier molecular flexibility index (Phi) is 4.04. The van der Waals surface area contributed by atoms with Crippen LogP contribution >= 0.6 is 11.3 Å². The summed E-state index contributed by atoms with van der Waals surface area (Å²) in [6, 6.07) is 5.41. The van der Waals surface area contributed by atoms with Gasteiger partial charge in [-0.1, -0.05) is 19.4 Å². The van der Waals surface area contributed by atoms with Crippen molar-refractivity contribution < 1.29 is 4.79 Å². The molecule has 94 valence electrons. The van der Waals surface area contributed by atoms with Gasteiger partial charge in [0, 0.05) is 6.54 Å². The van der Waals surface area contributed by atoms with Crippen molar-refractivity contribution in [3.63, 3.8) is 0 Å². The predicted molar refractivity (Wildman–Crippen MR) is 72.1 cm³/mol. The van der Waals surface area contributed by atoms with Crippen LogP contribution in [0, 0.1) is 0 Å². The normalized spacial score (nSPS) is 10.5. The molecule has 0 aliphatic heterocycles. The lowest BCUT2D eigenvalue weighted by atomic mass is 10.2. The summed E-state index contributed by atoms with van der Waals surface area (Å²) >= 11 is 1.54. The van der Waals surface area contributed by atoms with E-state index in [1.165, 1.54) is 16.0 Å². The van der Waals surface area contributed by atoms with Crippen molar-refractivity contribution in [1.82, 2.24) is 9.78 Å². The fourth-order valence-electron chi connectivity index (χ4n) is 1.65. The maximum atomic E-state index is 11.9. The van der Waals surface area contributed by atoms with Crippen molar-refractivity contribution in [2.45, 2.75) is 26.3 Å². The van der Waals surface area contributed by atoms with Crippen LogP contribution in [0.4, 0.5) is 0 Å². The molecule has 0 saturated carbocycles. The van der Waals surface area contributed by atoms with Crippen LogP contribution < -0.4 is 5.56 Å². The Hall–Kier alpha value is -1.75. The maximum absolute atomic E-state index is 11.9. The van der Waals surface area contributed by atoms with Crippen molar-refractivity contribution in [3.8, 4) is 10.6 Å². The van der Waals surface area contributed by atoms with Gasteiger partial charge in [-0.15, -0.1) is 11.3 Å². The molecule has 4 nitrogen and oxygen atoms in total. The van der Waals surface area contributed by atoms with Crippen LogP contribution in [-0.2, 0) is 6.54 Å². The van der Waals surface area contributed by atoms with E-state index in [0.29, 0.717) is 18.5 Å². The smallest absolute Gasteiger partial charge is 0.277 e. The molecule has 2 heterocycles. The molecule has 0 unspecified atom stereocenters. The molecule has 2 aromatic rings. The quantitative estimate of drug-likeness (QED) is 0.778. The van der Waals surface area contributed by atoms with E-state index in [0.717, 1.165) is 17.7 Å².